The summed E-state index contributed by atoms with van der Waals surface area (Å²) in [5.41, 5.74) is -0.554. The quantitative estimate of drug-likeness (QED) is 0.577. The summed E-state index contributed by atoms with van der Waals surface area (Å²) >= 11 is 0. The van der Waals surface area contributed by atoms with Crippen LogP contribution in [0, 0.1) is 5.92 Å². The van der Waals surface area contributed by atoms with Crippen molar-refractivity contribution >= 4 is 5.78 Å². The van der Waals surface area contributed by atoms with Crippen LogP contribution in [0.25, 0.3) is 0 Å². The number of carbonyl (C=O) groups excluding carboxylic acids is 1. The predicted molar refractivity (Wildman–Crippen MR) is 69.3 cm³/mol. The molecule has 0 amide bonds. The number of fused-ring (bicyclic) bond motifs is 1. The van der Waals surface area contributed by atoms with E-state index >= 15 is 0 Å². The lowest BCUT2D eigenvalue weighted by Gasteiger charge is -2.33. The first-order chi connectivity index (χ1) is 8.97. The first-order valence-corrected chi connectivity index (χ1v) is 6.78. The second-order valence-corrected chi connectivity index (χ2v) is 6.15. The Hall–Kier alpha value is -1.13. The highest BCUT2D eigenvalue weighted by Crippen LogP contribution is 2.49. The van der Waals surface area contributed by atoms with Crippen molar-refractivity contribution in [2.75, 3.05) is 6.79 Å². The van der Waals surface area contributed by atoms with E-state index in [0.717, 1.165) is 6.42 Å². The summed E-state index contributed by atoms with van der Waals surface area (Å²) < 4.78 is 17.0. The van der Waals surface area contributed by atoms with Crippen molar-refractivity contribution < 1.29 is 19.0 Å². The van der Waals surface area contributed by atoms with E-state index in [4.69, 9.17) is 14.2 Å². The van der Waals surface area contributed by atoms with Crippen LogP contribution in [0.5, 0.6) is 0 Å². The molecule has 3 atom stereocenters. The highest BCUT2D eigenvalue weighted by atomic mass is 16.7. The number of ether oxygens (including phenoxy) is 3. The number of carbonyl (C=O) groups is 1. The van der Waals surface area contributed by atoms with Crippen molar-refractivity contribution in [2.45, 2.75) is 50.4 Å². The zero-order chi connectivity index (χ0) is 13.7. The van der Waals surface area contributed by atoms with E-state index in [1.165, 1.54) is 0 Å². The smallest absolute Gasteiger partial charge is 0.189 e. The average Bonchev–Trinajstić information content (AvgIpc) is 2.74. The first-order valence-electron chi connectivity index (χ1n) is 6.78. The lowest BCUT2D eigenvalue weighted by Crippen LogP contribution is -2.40. The highest BCUT2D eigenvalue weighted by molar-refractivity contribution is 5.93. The summed E-state index contributed by atoms with van der Waals surface area (Å²) in [6, 6.07) is 0. The monoisotopic (exact) mass is 264 g/mol. The summed E-state index contributed by atoms with van der Waals surface area (Å²) in [6.45, 7) is 8.10. The molecule has 104 valence electrons. The molecule has 0 spiro atoms. The number of hydrogen-bond donors (Lipinski definition) is 0. The fourth-order valence-corrected chi connectivity index (χ4v) is 3.05. The molecule has 3 unspecified atom stereocenters. The summed E-state index contributed by atoms with van der Waals surface area (Å²) in [6.07, 6.45) is 5.69. The Balaban J connectivity index is 1.83. The van der Waals surface area contributed by atoms with Crippen molar-refractivity contribution in [3.05, 3.63) is 24.5 Å². The number of rotatable bonds is 4. The molecule has 1 aliphatic carbocycles. The molecule has 3 rings (SSSR count). The largest absolute Gasteiger partial charge is 0.469 e. The molecule has 19 heavy (non-hydrogen) atoms. The lowest BCUT2D eigenvalue weighted by molar-refractivity contribution is -0.122. The van der Waals surface area contributed by atoms with Crippen molar-refractivity contribution in [3.63, 3.8) is 0 Å². The van der Waals surface area contributed by atoms with Crippen LogP contribution in [-0.2, 0) is 19.0 Å². The van der Waals surface area contributed by atoms with Gasteiger partial charge in [0.15, 0.2) is 12.6 Å². The van der Waals surface area contributed by atoms with E-state index in [0.29, 0.717) is 18.6 Å². The molecule has 4 nitrogen and oxygen atoms in total. The van der Waals surface area contributed by atoms with Crippen LogP contribution in [0.15, 0.2) is 24.5 Å². The Kier molecular flexibility index (Phi) is 2.84. The molecule has 2 aliphatic heterocycles. The number of ketones is 1. The summed E-state index contributed by atoms with van der Waals surface area (Å²) in [5, 5.41) is 0. The van der Waals surface area contributed by atoms with E-state index in [-0.39, 0.29) is 30.2 Å². The molecule has 0 saturated carbocycles. The normalized spacial score (nSPS) is 39.3. The van der Waals surface area contributed by atoms with Crippen molar-refractivity contribution in [2.24, 2.45) is 5.92 Å². The average molecular weight is 264 g/mol. The Morgan fingerprint density at radius 2 is 2.26 bits per heavy atom. The fourth-order valence-electron chi connectivity index (χ4n) is 3.05. The van der Waals surface area contributed by atoms with Gasteiger partial charge in [0.05, 0.1) is 11.7 Å². The zero-order valence-electron chi connectivity index (χ0n) is 11.5. The van der Waals surface area contributed by atoms with Gasteiger partial charge in [0.1, 0.15) is 11.4 Å². The third-order valence-corrected chi connectivity index (χ3v) is 4.38. The van der Waals surface area contributed by atoms with Crippen molar-refractivity contribution in [1.82, 2.24) is 0 Å². The minimum Gasteiger partial charge on any atom is -0.469 e. The minimum atomic E-state index is -0.472. The third-order valence-electron chi connectivity index (χ3n) is 4.38. The van der Waals surface area contributed by atoms with Crippen LogP contribution < -0.4 is 0 Å². The molecular formula is C15H20O4. The van der Waals surface area contributed by atoms with Gasteiger partial charge in [-0.15, -0.1) is 6.58 Å². The van der Waals surface area contributed by atoms with Gasteiger partial charge in [-0.1, -0.05) is 6.08 Å². The van der Waals surface area contributed by atoms with Crippen LogP contribution in [0.3, 0.4) is 0 Å². The maximum Gasteiger partial charge on any atom is 0.189 e. The van der Waals surface area contributed by atoms with Gasteiger partial charge in [-0.2, -0.15) is 0 Å². The molecule has 0 aromatic heterocycles. The molecular weight excluding hydrogens is 244 g/mol. The SMILES string of the molecule is C=CCC1CC2(CC3OC3(C)C)OCOC2=CC1=O. The second-order valence-electron chi connectivity index (χ2n) is 6.15. The molecule has 2 saturated heterocycles. The van der Waals surface area contributed by atoms with Gasteiger partial charge in [-0.3, -0.25) is 4.79 Å². The number of epoxide rings is 1. The van der Waals surface area contributed by atoms with Gasteiger partial charge in [-0.05, 0) is 26.7 Å². The van der Waals surface area contributed by atoms with Gasteiger partial charge in [0, 0.05) is 18.4 Å². The Morgan fingerprint density at radius 1 is 1.53 bits per heavy atom. The zero-order valence-corrected chi connectivity index (χ0v) is 11.5. The molecule has 0 bridgehead atoms. The van der Waals surface area contributed by atoms with Crippen LogP contribution in [-0.4, -0.2) is 29.9 Å². The van der Waals surface area contributed by atoms with Crippen molar-refractivity contribution in [3.8, 4) is 0 Å². The molecule has 2 heterocycles. The highest BCUT2D eigenvalue weighted by Gasteiger charge is 2.57. The van der Waals surface area contributed by atoms with E-state index < -0.39 is 5.60 Å². The molecule has 2 fully saturated rings. The summed E-state index contributed by atoms with van der Waals surface area (Å²) in [7, 11) is 0. The van der Waals surface area contributed by atoms with Gasteiger partial charge in [0.2, 0.25) is 0 Å². The second kappa shape index (κ2) is 4.18. The van der Waals surface area contributed by atoms with E-state index in [9.17, 15) is 4.79 Å². The van der Waals surface area contributed by atoms with Crippen molar-refractivity contribution in [1.29, 1.82) is 0 Å². The number of allylic oxidation sites excluding steroid dienone is 2. The Bertz CT molecular complexity index is 451. The predicted octanol–water partition coefficient (Wildman–Crippen LogP) is 2.35. The van der Waals surface area contributed by atoms with E-state index in [2.05, 4.69) is 20.4 Å². The van der Waals surface area contributed by atoms with Gasteiger partial charge >= 0.3 is 0 Å². The third kappa shape index (κ3) is 2.13. The van der Waals surface area contributed by atoms with Gasteiger partial charge < -0.3 is 14.2 Å². The lowest BCUT2D eigenvalue weighted by atomic mass is 9.76. The Labute approximate surface area is 113 Å². The Morgan fingerprint density at radius 3 is 2.89 bits per heavy atom. The molecule has 0 aromatic rings. The molecule has 0 radical (unpaired) electrons. The fraction of sp³-hybridized carbons (Fsp3) is 0.667. The molecule has 0 N–H and O–H groups in total. The van der Waals surface area contributed by atoms with E-state index in [1.807, 2.05) is 0 Å². The van der Waals surface area contributed by atoms with Crippen LogP contribution in [0.4, 0.5) is 0 Å². The minimum absolute atomic E-state index is 0.0511. The standard InChI is InChI=1S/C15H20O4/c1-4-5-10-7-15(8-13-14(2,3)19-13)12(6-11(10)16)17-9-18-15/h4,6,10,13H,1,5,7-9H2,2-3H3. The van der Waals surface area contributed by atoms with Crippen LogP contribution in [0.1, 0.15) is 33.1 Å². The summed E-state index contributed by atoms with van der Waals surface area (Å²) in [5.74, 6) is 0.751. The maximum atomic E-state index is 12.0. The van der Waals surface area contributed by atoms with Crippen LogP contribution in [0.2, 0.25) is 0 Å². The summed E-state index contributed by atoms with van der Waals surface area (Å²) in [4.78, 5) is 12.0. The number of hydrogen-bond acceptors (Lipinski definition) is 4. The molecule has 3 aliphatic rings. The molecule has 0 aromatic carbocycles. The first kappa shape index (κ1) is 12.9. The maximum absolute atomic E-state index is 12.0. The topological polar surface area (TPSA) is 48.1 Å². The van der Waals surface area contributed by atoms with E-state index in [1.54, 1.807) is 12.2 Å². The van der Waals surface area contributed by atoms with Gasteiger partial charge in [0.25, 0.3) is 0 Å². The molecule has 4 heteroatoms. The van der Waals surface area contributed by atoms with Crippen LogP contribution >= 0.6 is 0 Å². The van der Waals surface area contributed by atoms with Gasteiger partial charge in [-0.25, -0.2) is 0 Å².